The number of methoxy groups -OCH3 is 1. The Bertz CT molecular complexity index is 303. The summed E-state index contributed by atoms with van der Waals surface area (Å²) in [7, 11) is 1.65. The molecule has 0 fully saturated rings. The van der Waals surface area contributed by atoms with Gasteiger partial charge in [-0.15, -0.1) is 0 Å². The van der Waals surface area contributed by atoms with Crippen molar-refractivity contribution in [2.45, 2.75) is 13.8 Å². The minimum absolute atomic E-state index is 0.518. The Kier molecular flexibility index (Phi) is 5.64. The van der Waals surface area contributed by atoms with Crippen LogP contribution in [0.25, 0.3) is 0 Å². The summed E-state index contributed by atoms with van der Waals surface area (Å²) in [5.41, 5.74) is 0.937. The van der Waals surface area contributed by atoms with E-state index in [0.29, 0.717) is 25.0 Å². The van der Waals surface area contributed by atoms with E-state index in [-0.39, 0.29) is 0 Å². The third kappa shape index (κ3) is 4.49. The van der Waals surface area contributed by atoms with Gasteiger partial charge in [0, 0.05) is 19.9 Å². The van der Waals surface area contributed by atoms with Crippen molar-refractivity contribution in [3.8, 4) is 5.88 Å². The van der Waals surface area contributed by atoms with Crippen molar-refractivity contribution in [3.05, 3.63) is 18.3 Å². The summed E-state index contributed by atoms with van der Waals surface area (Å²) in [4.78, 5) is 4.19. The van der Waals surface area contributed by atoms with Gasteiger partial charge in [-0.25, -0.2) is 4.98 Å². The van der Waals surface area contributed by atoms with E-state index in [9.17, 15) is 0 Å². The molecule has 1 aromatic rings. The molecule has 4 nitrogen and oxygen atoms in total. The van der Waals surface area contributed by atoms with Crippen molar-refractivity contribution in [3.63, 3.8) is 0 Å². The highest BCUT2D eigenvalue weighted by Gasteiger charge is 2.04. The van der Waals surface area contributed by atoms with Crippen LogP contribution in [0.5, 0.6) is 5.88 Å². The molecule has 0 aliphatic rings. The van der Waals surface area contributed by atoms with Crippen molar-refractivity contribution in [2.75, 3.05) is 32.2 Å². The van der Waals surface area contributed by atoms with Gasteiger partial charge in [0.2, 0.25) is 5.88 Å². The summed E-state index contributed by atoms with van der Waals surface area (Å²) in [6, 6.07) is 3.86. The van der Waals surface area contributed by atoms with Crippen LogP contribution in [0.3, 0.4) is 0 Å². The molecular weight excluding hydrogens is 204 g/mol. The molecule has 90 valence electrons. The molecule has 1 rings (SSSR count). The van der Waals surface area contributed by atoms with Crippen molar-refractivity contribution in [1.29, 1.82) is 0 Å². The highest BCUT2D eigenvalue weighted by atomic mass is 16.5. The van der Waals surface area contributed by atoms with E-state index in [0.717, 1.165) is 12.2 Å². The second-order valence-electron chi connectivity index (χ2n) is 3.97. The maximum atomic E-state index is 5.51. The molecule has 0 saturated carbocycles. The van der Waals surface area contributed by atoms with Gasteiger partial charge in [-0.05, 0) is 18.1 Å². The quantitative estimate of drug-likeness (QED) is 0.721. The molecule has 0 aliphatic heterocycles. The molecule has 0 bridgehead atoms. The monoisotopic (exact) mass is 224 g/mol. The Morgan fingerprint density at radius 1 is 1.38 bits per heavy atom. The molecule has 1 aromatic heterocycles. The van der Waals surface area contributed by atoms with Crippen LogP contribution < -0.4 is 10.1 Å². The predicted molar refractivity (Wildman–Crippen MR) is 64.9 cm³/mol. The molecule has 0 aromatic carbocycles. The van der Waals surface area contributed by atoms with Crippen molar-refractivity contribution in [1.82, 2.24) is 4.98 Å². The van der Waals surface area contributed by atoms with Gasteiger partial charge < -0.3 is 14.8 Å². The summed E-state index contributed by atoms with van der Waals surface area (Å²) in [6.45, 7) is 6.32. The molecule has 0 atom stereocenters. The van der Waals surface area contributed by atoms with E-state index in [4.69, 9.17) is 9.47 Å². The van der Waals surface area contributed by atoms with Crippen LogP contribution in [-0.2, 0) is 4.74 Å². The van der Waals surface area contributed by atoms with Crippen molar-refractivity contribution in [2.24, 2.45) is 5.92 Å². The van der Waals surface area contributed by atoms with E-state index in [1.807, 2.05) is 12.1 Å². The number of anilines is 1. The van der Waals surface area contributed by atoms with Crippen LogP contribution in [0, 0.1) is 5.92 Å². The summed E-state index contributed by atoms with van der Waals surface area (Å²) in [6.07, 6.45) is 1.72. The summed E-state index contributed by atoms with van der Waals surface area (Å²) < 4.78 is 10.4. The van der Waals surface area contributed by atoms with Gasteiger partial charge in [0.25, 0.3) is 0 Å². The fraction of sp³-hybridized carbons (Fsp3) is 0.583. The molecule has 0 aliphatic carbocycles. The Morgan fingerprint density at radius 2 is 2.19 bits per heavy atom. The average molecular weight is 224 g/mol. The number of aromatic nitrogens is 1. The van der Waals surface area contributed by atoms with E-state index in [1.165, 1.54) is 0 Å². The van der Waals surface area contributed by atoms with Crippen LogP contribution in [-0.4, -0.2) is 31.9 Å². The predicted octanol–water partition coefficient (Wildman–Crippen LogP) is 2.17. The van der Waals surface area contributed by atoms with E-state index < -0.39 is 0 Å². The van der Waals surface area contributed by atoms with Gasteiger partial charge in [-0.3, -0.25) is 0 Å². The Labute approximate surface area is 97.0 Å². The zero-order valence-corrected chi connectivity index (χ0v) is 10.2. The van der Waals surface area contributed by atoms with Gasteiger partial charge >= 0.3 is 0 Å². The zero-order chi connectivity index (χ0) is 11.8. The van der Waals surface area contributed by atoms with Gasteiger partial charge in [0.15, 0.2) is 0 Å². The van der Waals surface area contributed by atoms with E-state index >= 15 is 0 Å². The molecule has 1 N–H and O–H groups in total. The lowest BCUT2D eigenvalue weighted by molar-refractivity contribution is 0.144. The Hall–Kier alpha value is -1.29. The molecule has 16 heavy (non-hydrogen) atoms. The van der Waals surface area contributed by atoms with Gasteiger partial charge in [0.05, 0.1) is 12.3 Å². The number of ether oxygens (including phenoxy) is 2. The Morgan fingerprint density at radius 3 is 2.88 bits per heavy atom. The first kappa shape index (κ1) is 12.8. The van der Waals surface area contributed by atoms with Crippen molar-refractivity contribution < 1.29 is 9.47 Å². The third-order valence-electron chi connectivity index (χ3n) is 2.00. The van der Waals surface area contributed by atoms with Gasteiger partial charge in [0.1, 0.15) is 6.61 Å². The minimum atomic E-state index is 0.518. The molecule has 0 unspecified atom stereocenters. The summed E-state index contributed by atoms with van der Waals surface area (Å²) in [5, 5.41) is 3.31. The number of hydrogen-bond donors (Lipinski definition) is 1. The first-order valence-electron chi connectivity index (χ1n) is 5.54. The number of nitrogens with one attached hydrogen (secondary N) is 1. The second-order valence-corrected chi connectivity index (χ2v) is 3.97. The summed E-state index contributed by atoms with van der Waals surface area (Å²) in [5.74, 6) is 1.23. The smallest absolute Gasteiger partial charge is 0.237 e. The third-order valence-corrected chi connectivity index (χ3v) is 2.00. The van der Waals surface area contributed by atoms with Crippen molar-refractivity contribution >= 4 is 5.69 Å². The normalized spacial score (nSPS) is 10.5. The lowest BCUT2D eigenvalue weighted by Gasteiger charge is -2.13. The zero-order valence-electron chi connectivity index (χ0n) is 10.2. The molecule has 0 amide bonds. The number of nitrogens with zero attached hydrogens (tertiary/aromatic N) is 1. The van der Waals surface area contributed by atoms with E-state index in [2.05, 4.69) is 24.1 Å². The highest BCUT2D eigenvalue weighted by Crippen LogP contribution is 2.20. The SMILES string of the molecule is COCCOc1ncccc1NCC(C)C. The topological polar surface area (TPSA) is 43.4 Å². The maximum Gasteiger partial charge on any atom is 0.237 e. The van der Waals surface area contributed by atoms with Crippen LogP contribution >= 0.6 is 0 Å². The minimum Gasteiger partial charge on any atom is -0.474 e. The van der Waals surface area contributed by atoms with Crippen LogP contribution in [0.4, 0.5) is 5.69 Å². The first-order valence-corrected chi connectivity index (χ1v) is 5.54. The molecule has 0 radical (unpaired) electrons. The molecule has 0 spiro atoms. The first-order chi connectivity index (χ1) is 7.74. The fourth-order valence-corrected chi connectivity index (χ4v) is 1.18. The van der Waals surface area contributed by atoms with E-state index in [1.54, 1.807) is 13.3 Å². The van der Waals surface area contributed by atoms with Gasteiger partial charge in [-0.1, -0.05) is 13.8 Å². The van der Waals surface area contributed by atoms with Crippen LogP contribution in [0.15, 0.2) is 18.3 Å². The summed E-state index contributed by atoms with van der Waals surface area (Å²) >= 11 is 0. The van der Waals surface area contributed by atoms with Crippen LogP contribution in [0.1, 0.15) is 13.8 Å². The standard InChI is InChI=1S/C12H20N2O2/c1-10(2)9-14-11-5-4-6-13-12(11)16-8-7-15-3/h4-6,10,14H,7-9H2,1-3H3. The lowest BCUT2D eigenvalue weighted by atomic mass is 10.2. The largest absolute Gasteiger partial charge is 0.474 e. The molecule has 4 heteroatoms. The highest BCUT2D eigenvalue weighted by molar-refractivity contribution is 5.51. The molecule has 1 heterocycles. The number of rotatable bonds is 7. The average Bonchev–Trinajstić information content (AvgIpc) is 2.28. The maximum absolute atomic E-state index is 5.51. The lowest BCUT2D eigenvalue weighted by Crippen LogP contribution is -2.11. The number of pyridine rings is 1. The second kappa shape index (κ2) is 7.06. The molecule has 0 saturated heterocycles. The van der Waals surface area contributed by atoms with Gasteiger partial charge in [-0.2, -0.15) is 0 Å². The Balaban J connectivity index is 2.53. The molecular formula is C12H20N2O2. The number of hydrogen-bond acceptors (Lipinski definition) is 4. The fourth-order valence-electron chi connectivity index (χ4n) is 1.18. The van der Waals surface area contributed by atoms with Crippen LogP contribution in [0.2, 0.25) is 0 Å².